The van der Waals surface area contributed by atoms with Crippen LogP contribution in [0.4, 0.5) is 0 Å². The lowest BCUT2D eigenvalue weighted by molar-refractivity contribution is 0.459. The van der Waals surface area contributed by atoms with Crippen molar-refractivity contribution >= 4 is 23.4 Å². The predicted octanol–water partition coefficient (Wildman–Crippen LogP) is 1.07. The van der Waals surface area contributed by atoms with Crippen molar-refractivity contribution in [3.8, 4) is 5.75 Å². The fourth-order valence-electron chi connectivity index (χ4n) is 1.20. The number of nitrogens with zero attached hydrogens (tertiary/aromatic N) is 1. The molecule has 1 heterocycles. The number of nitrogens with two attached hydrogens (primary N) is 1. The van der Waals surface area contributed by atoms with Gasteiger partial charge in [-0.05, 0) is 19.1 Å². The van der Waals surface area contributed by atoms with Crippen LogP contribution in [0.25, 0.3) is 6.08 Å². The molecule has 0 aliphatic carbocycles. The summed E-state index contributed by atoms with van der Waals surface area (Å²) in [5.74, 6) is 0.149. The van der Waals surface area contributed by atoms with Gasteiger partial charge in [0, 0.05) is 23.9 Å². The van der Waals surface area contributed by atoms with Gasteiger partial charge in [0.2, 0.25) is 0 Å². The average Bonchev–Trinajstić information content (AvgIpc) is 2.20. The highest BCUT2D eigenvalue weighted by Gasteiger charge is 2.09. The number of hydrogen-bond acceptors (Lipinski definition) is 3. The maximum atomic E-state index is 9.79. The number of nitrogens with one attached hydrogen (secondary N) is 1. The van der Waals surface area contributed by atoms with Crippen molar-refractivity contribution in [1.82, 2.24) is 10.3 Å². The lowest BCUT2D eigenvalue weighted by Gasteiger charge is -2.11. The lowest BCUT2D eigenvalue weighted by Crippen LogP contribution is -2.28. The molecule has 0 radical (unpaired) electrons. The quantitative estimate of drug-likeness (QED) is 0.669. The van der Waals surface area contributed by atoms with Crippen LogP contribution in [0.2, 0.25) is 0 Å². The molecule has 0 aromatic carbocycles. The third kappa shape index (κ3) is 2.66. The molecular formula is C10H13N3OS. The second-order valence-corrected chi connectivity index (χ2v) is 3.49. The van der Waals surface area contributed by atoms with Gasteiger partial charge in [0.15, 0.2) is 5.11 Å². The van der Waals surface area contributed by atoms with Crippen LogP contribution in [0.3, 0.4) is 0 Å². The topological polar surface area (TPSA) is 71.2 Å². The molecule has 1 aromatic rings. The van der Waals surface area contributed by atoms with Crippen LogP contribution in [-0.4, -0.2) is 15.2 Å². The van der Waals surface area contributed by atoms with Crippen molar-refractivity contribution in [3.05, 3.63) is 29.6 Å². The predicted molar refractivity (Wildman–Crippen MR) is 64.4 cm³/mol. The summed E-state index contributed by atoms with van der Waals surface area (Å²) in [6.45, 7) is 5.74. The van der Waals surface area contributed by atoms with Gasteiger partial charge in [-0.1, -0.05) is 12.7 Å². The van der Waals surface area contributed by atoms with E-state index in [2.05, 4.69) is 16.9 Å². The zero-order valence-corrected chi connectivity index (χ0v) is 9.27. The average molecular weight is 223 g/mol. The molecule has 1 rings (SSSR count). The van der Waals surface area contributed by atoms with E-state index < -0.39 is 0 Å². The van der Waals surface area contributed by atoms with Gasteiger partial charge >= 0.3 is 0 Å². The van der Waals surface area contributed by atoms with Crippen molar-refractivity contribution in [1.29, 1.82) is 0 Å². The molecule has 0 amide bonds. The van der Waals surface area contributed by atoms with Crippen LogP contribution < -0.4 is 11.1 Å². The first kappa shape index (κ1) is 11.5. The number of aryl methyl sites for hydroxylation is 1. The van der Waals surface area contributed by atoms with E-state index >= 15 is 0 Å². The summed E-state index contributed by atoms with van der Waals surface area (Å²) in [7, 11) is 0. The Balaban J connectivity index is 3.06. The van der Waals surface area contributed by atoms with E-state index in [0.717, 1.165) is 5.56 Å². The van der Waals surface area contributed by atoms with Gasteiger partial charge < -0.3 is 16.2 Å². The smallest absolute Gasteiger partial charge is 0.163 e. The molecule has 0 fully saturated rings. The first-order valence-electron chi connectivity index (χ1n) is 4.39. The van der Waals surface area contributed by atoms with E-state index in [1.165, 1.54) is 0 Å². The van der Waals surface area contributed by atoms with Crippen molar-refractivity contribution in [2.45, 2.75) is 13.5 Å². The van der Waals surface area contributed by atoms with Gasteiger partial charge in [-0.15, -0.1) is 0 Å². The molecule has 0 atom stereocenters. The molecule has 4 nitrogen and oxygen atoms in total. The van der Waals surface area contributed by atoms with Crippen molar-refractivity contribution < 1.29 is 5.11 Å². The number of hydrogen-bond donors (Lipinski definition) is 3. The van der Waals surface area contributed by atoms with Crippen LogP contribution in [0.5, 0.6) is 5.75 Å². The highest BCUT2D eigenvalue weighted by Crippen LogP contribution is 2.24. The summed E-state index contributed by atoms with van der Waals surface area (Å²) in [4.78, 5) is 4.02. The van der Waals surface area contributed by atoms with E-state index in [1.807, 2.05) is 0 Å². The number of thiocarbonyl (C=S) groups is 1. The van der Waals surface area contributed by atoms with Crippen LogP contribution in [0.1, 0.15) is 16.8 Å². The molecule has 4 N–H and O–H groups in total. The first-order valence-corrected chi connectivity index (χ1v) is 4.80. The summed E-state index contributed by atoms with van der Waals surface area (Å²) in [6.07, 6.45) is 3.28. The van der Waals surface area contributed by atoms with Crippen molar-refractivity contribution in [2.24, 2.45) is 5.73 Å². The Hall–Kier alpha value is -1.62. The standard InChI is InChI=1S/C10H13N3OS/c1-3-7-4-12-6(2)9(14)8(7)5-13-10(11)15/h3-4,14H,1,5H2,2H3,(H3,11,13,15). The monoisotopic (exact) mass is 223 g/mol. The first-order chi connectivity index (χ1) is 7.06. The maximum Gasteiger partial charge on any atom is 0.163 e. The van der Waals surface area contributed by atoms with Crippen LogP contribution in [0.15, 0.2) is 12.8 Å². The molecule has 0 spiro atoms. The molecule has 5 heteroatoms. The van der Waals surface area contributed by atoms with E-state index in [4.69, 9.17) is 18.0 Å². The Morgan fingerprint density at radius 1 is 1.80 bits per heavy atom. The van der Waals surface area contributed by atoms with Gasteiger partial charge in [0.05, 0.1) is 5.69 Å². The third-order valence-corrected chi connectivity index (χ3v) is 2.18. The highest BCUT2D eigenvalue weighted by atomic mass is 32.1. The number of aromatic hydroxyl groups is 1. The molecule has 1 aromatic heterocycles. The van der Waals surface area contributed by atoms with Crippen molar-refractivity contribution in [2.75, 3.05) is 0 Å². The minimum absolute atomic E-state index is 0.149. The second kappa shape index (κ2) is 4.75. The Labute approximate surface area is 93.8 Å². The summed E-state index contributed by atoms with van der Waals surface area (Å²) in [5.41, 5.74) is 7.35. The second-order valence-electron chi connectivity index (χ2n) is 3.05. The molecule has 0 aliphatic heterocycles. The minimum Gasteiger partial charge on any atom is -0.506 e. The van der Waals surface area contributed by atoms with Gasteiger partial charge in [-0.3, -0.25) is 4.98 Å². The molecule has 0 bridgehead atoms. The Morgan fingerprint density at radius 2 is 2.47 bits per heavy atom. The van der Waals surface area contributed by atoms with Gasteiger partial charge in [0.25, 0.3) is 0 Å². The lowest BCUT2D eigenvalue weighted by atomic mass is 10.1. The fourth-order valence-corrected chi connectivity index (χ4v) is 1.27. The van der Waals surface area contributed by atoms with Crippen LogP contribution in [0, 0.1) is 6.92 Å². The largest absolute Gasteiger partial charge is 0.506 e. The van der Waals surface area contributed by atoms with E-state index in [-0.39, 0.29) is 10.9 Å². The SMILES string of the molecule is C=Cc1cnc(C)c(O)c1CNC(N)=S. The molecule has 0 aliphatic rings. The highest BCUT2D eigenvalue weighted by molar-refractivity contribution is 7.80. The third-order valence-electron chi connectivity index (χ3n) is 2.03. The molecular weight excluding hydrogens is 210 g/mol. The number of pyridine rings is 1. The number of rotatable bonds is 3. The van der Waals surface area contributed by atoms with E-state index in [1.54, 1.807) is 19.2 Å². The normalized spacial score (nSPS) is 9.67. The van der Waals surface area contributed by atoms with E-state index in [9.17, 15) is 5.11 Å². The van der Waals surface area contributed by atoms with Crippen molar-refractivity contribution in [3.63, 3.8) is 0 Å². The molecule has 0 saturated carbocycles. The Morgan fingerprint density at radius 3 is 3.00 bits per heavy atom. The van der Waals surface area contributed by atoms with Crippen LogP contribution in [-0.2, 0) is 6.54 Å². The maximum absolute atomic E-state index is 9.79. The Bertz CT molecular complexity index is 404. The molecule has 80 valence electrons. The Kier molecular flexibility index (Phi) is 3.62. The van der Waals surface area contributed by atoms with Gasteiger partial charge in [-0.25, -0.2) is 0 Å². The number of aromatic nitrogens is 1. The summed E-state index contributed by atoms with van der Waals surface area (Å²) >= 11 is 4.69. The van der Waals surface area contributed by atoms with Crippen LogP contribution >= 0.6 is 12.2 Å². The summed E-state index contributed by atoms with van der Waals surface area (Å²) in [6, 6.07) is 0. The summed E-state index contributed by atoms with van der Waals surface area (Å²) in [5, 5.41) is 12.8. The van der Waals surface area contributed by atoms with Gasteiger partial charge in [-0.2, -0.15) is 0 Å². The molecule has 15 heavy (non-hydrogen) atoms. The zero-order valence-electron chi connectivity index (χ0n) is 8.45. The molecule has 0 unspecified atom stereocenters. The van der Waals surface area contributed by atoms with Gasteiger partial charge in [0.1, 0.15) is 5.75 Å². The summed E-state index contributed by atoms with van der Waals surface area (Å²) < 4.78 is 0. The molecule has 0 saturated heterocycles. The minimum atomic E-state index is 0.149. The van der Waals surface area contributed by atoms with E-state index in [0.29, 0.717) is 17.8 Å². The fraction of sp³-hybridized carbons (Fsp3) is 0.200. The zero-order chi connectivity index (χ0) is 11.4.